The number of rotatable bonds is 5. The summed E-state index contributed by atoms with van der Waals surface area (Å²) < 4.78 is 25.7. The second-order valence-electron chi connectivity index (χ2n) is 7.01. The highest BCUT2D eigenvalue weighted by Gasteiger charge is 2.29. The van der Waals surface area contributed by atoms with E-state index < -0.39 is 10.0 Å². The molecule has 0 N–H and O–H groups in total. The lowest BCUT2D eigenvalue weighted by molar-refractivity contribution is -0.130. The average molecular weight is 388 g/mol. The van der Waals surface area contributed by atoms with Gasteiger partial charge in [-0.3, -0.25) is 9.78 Å². The standard InChI is InChI=1S/C20H25N3O3S/c1-27(25,26)23-12-11-22(20(24)14-17-7-3-2-4-8-17)15-18(16-23)13-19-9-5-6-10-21-19/h2-10,18H,11-16H2,1H3/t18-/m0/s1. The highest BCUT2D eigenvalue weighted by atomic mass is 32.2. The smallest absolute Gasteiger partial charge is 0.227 e. The fourth-order valence-corrected chi connectivity index (χ4v) is 4.32. The molecule has 1 aromatic carbocycles. The minimum Gasteiger partial charge on any atom is -0.341 e. The number of nitrogens with zero attached hydrogens (tertiary/aromatic N) is 3. The Bertz CT molecular complexity index is 857. The number of aromatic nitrogens is 1. The van der Waals surface area contributed by atoms with Crippen molar-refractivity contribution >= 4 is 15.9 Å². The molecule has 3 rings (SSSR count). The van der Waals surface area contributed by atoms with E-state index in [1.807, 2.05) is 48.5 Å². The lowest BCUT2D eigenvalue weighted by Crippen LogP contribution is -2.37. The molecule has 7 heteroatoms. The van der Waals surface area contributed by atoms with Gasteiger partial charge in [0.15, 0.2) is 0 Å². The van der Waals surface area contributed by atoms with E-state index in [-0.39, 0.29) is 11.8 Å². The fourth-order valence-electron chi connectivity index (χ4n) is 3.43. The number of carbonyl (C=O) groups excluding carboxylic acids is 1. The van der Waals surface area contributed by atoms with Crippen LogP contribution in [0.5, 0.6) is 0 Å². The van der Waals surface area contributed by atoms with Gasteiger partial charge in [-0.15, -0.1) is 0 Å². The van der Waals surface area contributed by atoms with Crippen molar-refractivity contribution < 1.29 is 13.2 Å². The molecule has 144 valence electrons. The molecule has 0 spiro atoms. The van der Waals surface area contributed by atoms with Crippen LogP contribution in [0, 0.1) is 5.92 Å². The molecule has 27 heavy (non-hydrogen) atoms. The SMILES string of the molecule is CS(=O)(=O)N1CCN(C(=O)Cc2ccccc2)C[C@H](Cc2ccccn2)C1. The third-order valence-corrected chi connectivity index (χ3v) is 6.07. The van der Waals surface area contributed by atoms with Crippen LogP contribution < -0.4 is 0 Å². The highest BCUT2D eigenvalue weighted by Crippen LogP contribution is 2.17. The molecule has 0 aliphatic carbocycles. The van der Waals surface area contributed by atoms with Gasteiger partial charge in [0, 0.05) is 38.1 Å². The average Bonchev–Trinajstić information content (AvgIpc) is 2.86. The first-order valence-electron chi connectivity index (χ1n) is 9.08. The number of carbonyl (C=O) groups is 1. The lowest BCUT2D eigenvalue weighted by Gasteiger charge is -2.24. The normalized spacial score (nSPS) is 18.9. The molecule has 0 unspecified atom stereocenters. The molecule has 1 atom stereocenters. The van der Waals surface area contributed by atoms with Crippen molar-refractivity contribution in [2.45, 2.75) is 12.8 Å². The van der Waals surface area contributed by atoms with E-state index in [2.05, 4.69) is 4.98 Å². The molecule has 6 nitrogen and oxygen atoms in total. The van der Waals surface area contributed by atoms with Gasteiger partial charge in [-0.25, -0.2) is 12.7 Å². The molecule has 2 aromatic rings. The van der Waals surface area contributed by atoms with Gasteiger partial charge < -0.3 is 4.90 Å². The summed E-state index contributed by atoms with van der Waals surface area (Å²) in [7, 11) is -3.31. The maximum Gasteiger partial charge on any atom is 0.227 e. The van der Waals surface area contributed by atoms with Gasteiger partial charge >= 0.3 is 0 Å². The van der Waals surface area contributed by atoms with Crippen LogP contribution in [0.15, 0.2) is 54.7 Å². The van der Waals surface area contributed by atoms with Gasteiger partial charge in [0.1, 0.15) is 0 Å². The Kier molecular flexibility index (Phi) is 6.23. The molecule has 0 saturated carbocycles. The Morgan fingerprint density at radius 2 is 1.81 bits per heavy atom. The Hall–Kier alpha value is -2.25. The van der Waals surface area contributed by atoms with Crippen LogP contribution in [-0.2, 0) is 27.7 Å². The first-order chi connectivity index (χ1) is 12.9. The zero-order valence-corrected chi connectivity index (χ0v) is 16.3. The van der Waals surface area contributed by atoms with Gasteiger partial charge in [0.2, 0.25) is 15.9 Å². The lowest BCUT2D eigenvalue weighted by atomic mass is 10.0. The van der Waals surface area contributed by atoms with Crippen molar-refractivity contribution in [3.63, 3.8) is 0 Å². The molecular formula is C20H25N3O3S. The van der Waals surface area contributed by atoms with Gasteiger partial charge in [-0.1, -0.05) is 36.4 Å². The summed E-state index contributed by atoms with van der Waals surface area (Å²) in [5.74, 6) is 0.0411. The van der Waals surface area contributed by atoms with Crippen molar-refractivity contribution in [2.75, 3.05) is 32.4 Å². The van der Waals surface area contributed by atoms with Crippen LogP contribution in [0.2, 0.25) is 0 Å². The molecule has 1 aliphatic heterocycles. The van der Waals surface area contributed by atoms with Gasteiger partial charge in [0.25, 0.3) is 0 Å². The van der Waals surface area contributed by atoms with Crippen molar-refractivity contribution in [1.29, 1.82) is 0 Å². The first-order valence-corrected chi connectivity index (χ1v) is 10.9. The summed E-state index contributed by atoms with van der Waals surface area (Å²) in [6, 6.07) is 15.3. The second-order valence-corrected chi connectivity index (χ2v) is 9.00. The number of hydrogen-bond donors (Lipinski definition) is 0. The Morgan fingerprint density at radius 3 is 2.48 bits per heavy atom. The predicted octanol–water partition coefficient (Wildman–Crippen LogP) is 1.59. The number of benzene rings is 1. The molecule has 1 aromatic heterocycles. The van der Waals surface area contributed by atoms with Crippen LogP contribution in [0.1, 0.15) is 11.3 Å². The van der Waals surface area contributed by atoms with E-state index >= 15 is 0 Å². The Morgan fingerprint density at radius 1 is 1.07 bits per heavy atom. The number of pyridine rings is 1. The predicted molar refractivity (Wildman–Crippen MR) is 105 cm³/mol. The largest absolute Gasteiger partial charge is 0.341 e. The molecule has 2 heterocycles. The zero-order chi connectivity index (χ0) is 19.3. The first kappa shape index (κ1) is 19.5. The molecule has 1 amide bonds. The monoisotopic (exact) mass is 387 g/mol. The number of amides is 1. The maximum absolute atomic E-state index is 12.8. The summed E-state index contributed by atoms with van der Waals surface area (Å²) in [5, 5.41) is 0. The summed E-state index contributed by atoms with van der Waals surface area (Å²) in [5.41, 5.74) is 1.88. The van der Waals surface area contributed by atoms with E-state index in [4.69, 9.17) is 0 Å². The number of sulfonamides is 1. The molecule has 1 saturated heterocycles. The van der Waals surface area contributed by atoms with Crippen molar-refractivity contribution in [2.24, 2.45) is 5.92 Å². The minimum atomic E-state index is -3.31. The summed E-state index contributed by atoms with van der Waals surface area (Å²) in [6.07, 6.45) is 3.93. The van der Waals surface area contributed by atoms with Crippen LogP contribution in [0.3, 0.4) is 0 Å². The van der Waals surface area contributed by atoms with Crippen LogP contribution >= 0.6 is 0 Å². The third kappa shape index (κ3) is 5.61. The maximum atomic E-state index is 12.8. The third-order valence-electron chi connectivity index (χ3n) is 4.80. The van der Waals surface area contributed by atoms with Crippen LogP contribution in [0.4, 0.5) is 0 Å². The van der Waals surface area contributed by atoms with E-state index in [0.29, 0.717) is 39.0 Å². The van der Waals surface area contributed by atoms with E-state index in [9.17, 15) is 13.2 Å². The van der Waals surface area contributed by atoms with Crippen LogP contribution in [-0.4, -0.2) is 60.9 Å². The summed E-state index contributed by atoms with van der Waals surface area (Å²) in [4.78, 5) is 19.0. The fraction of sp³-hybridized carbons (Fsp3) is 0.400. The number of hydrogen-bond acceptors (Lipinski definition) is 4. The second kappa shape index (κ2) is 8.63. The molecule has 1 fully saturated rings. The molecule has 0 bridgehead atoms. The van der Waals surface area contributed by atoms with Crippen molar-refractivity contribution in [3.05, 3.63) is 66.0 Å². The zero-order valence-electron chi connectivity index (χ0n) is 15.5. The van der Waals surface area contributed by atoms with E-state index in [1.165, 1.54) is 10.6 Å². The molecule has 0 radical (unpaired) electrons. The molecule has 1 aliphatic rings. The Labute approximate surface area is 160 Å². The quantitative estimate of drug-likeness (QED) is 0.781. The summed E-state index contributed by atoms with van der Waals surface area (Å²) in [6.45, 7) is 1.69. The highest BCUT2D eigenvalue weighted by molar-refractivity contribution is 7.88. The summed E-state index contributed by atoms with van der Waals surface area (Å²) >= 11 is 0. The van der Waals surface area contributed by atoms with Gasteiger partial charge in [-0.2, -0.15) is 0 Å². The molecular weight excluding hydrogens is 362 g/mol. The Balaban J connectivity index is 1.75. The van der Waals surface area contributed by atoms with Crippen LogP contribution in [0.25, 0.3) is 0 Å². The van der Waals surface area contributed by atoms with E-state index in [1.54, 1.807) is 11.1 Å². The van der Waals surface area contributed by atoms with Gasteiger partial charge in [0.05, 0.1) is 12.7 Å². The minimum absolute atomic E-state index is 0.0110. The van der Waals surface area contributed by atoms with E-state index in [0.717, 1.165) is 11.3 Å². The topological polar surface area (TPSA) is 70.6 Å². The van der Waals surface area contributed by atoms with Crippen molar-refractivity contribution in [3.8, 4) is 0 Å². The van der Waals surface area contributed by atoms with Gasteiger partial charge in [-0.05, 0) is 30.0 Å². The van der Waals surface area contributed by atoms with Crippen molar-refractivity contribution in [1.82, 2.24) is 14.2 Å².